The molecule has 0 amide bonds. The molecule has 2 aliphatic heterocycles. The Balaban J connectivity index is 1.82. The Morgan fingerprint density at radius 3 is 2.86 bits per heavy atom. The van der Waals surface area contributed by atoms with E-state index in [1.807, 2.05) is 50.5 Å². The van der Waals surface area contributed by atoms with E-state index < -0.39 is 17.7 Å². The van der Waals surface area contributed by atoms with E-state index >= 15 is 0 Å². The smallest absolute Gasteiger partial charge is 0.270 e. The highest BCUT2D eigenvalue weighted by Gasteiger charge is 2.53. The number of thiazole rings is 1. The molecule has 0 aliphatic carbocycles. The first-order chi connectivity index (χ1) is 13.4. The molecule has 3 aromatic rings. The van der Waals surface area contributed by atoms with Crippen LogP contribution >= 0.6 is 11.3 Å². The molecule has 2 aliphatic rings. The van der Waals surface area contributed by atoms with Crippen LogP contribution in [0.1, 0.15) is 31.0 Å². The Labute approximate surface area is 164 Å². The third-order valence-electron chi connectivity index (χ3n) is 5.34. The van der Waals surface area contributed by atoms with Gasteiger partial charge in [-0.1, -0.05) is 29.5 Å². The SMILES string of the molecule is CC(=O)[C@H]1[C@H]2c3ccccc3O[C@@]1(C)N=c1s/c(=C/c3cnn(C)c3)c(=O)n12. The first-order valence-electron chi connectivity index (χ1n) is 8.97. The summed E-state index contributed by atoms with van der Waals surface area (Å²) in [6.07, 6.45) is 5.36. The van der Waals surface area contributed by atoms with Gasteiger partial charge in [0.2, 0.25) is 5.72 Å². The normalized spacial score (nSPS) is 25.5. The van der Waals surface area contributed by atoms with Gasteiger partial charge >= 0.3 is 0 Å². The number of hydrogen-bond donors (Lipinski definition) is 0. The summed E-state index contributed by atoms with van der Waals surface area (Å²) in [4.78, 5) is 31.2. The Bertz CT molecular complexity index is 1300. The molecule has 1 aromatic carbocycles. The maximum absolute atomic E-state index is 13.3. The first kappa shape index (κ1) is 17.1. The van der Waals surface area contributed by atoms with Crippen LogP contribution in [0.15, 0.2) is 46.4 Å². The zero-order valence-corrected chi connectivity index (χ0v) is 16.4. The average molecular weight is 394 g/mol. The Hall–Kier alpha value is -3.00. The van der Waals surface area contributed by atoms with Crippen LogP contribution in [0.5, 0.6) is 5.75 Å². The summed E-state index contributed by atoms with van der Waals surface area (Å²) in [5.74, 6) is 0.0542. The molecule has 3 atom stereocenters. The van der Waals surface area contributed by atoms with Crippen LogP contribution < -0.4 is 19.6 Å². The molecule has 8 heteroatoms. The lowest BCUT2D eigenvalue weighted by Crippen LogP contribution is -2.58. The van der Waals surface area contributed by atoms with Gasteiger partial charge in [-0.05, 0) is 26.0 Å². The number of aryl methyl sites for hydroxylation is 1. The highest BCUT2D eigenvalue weighted by atomic mass is 32.1. The number of hydrogen-bond acceptors (Lipinski definition) is 6. The van der Waals surface area contributed by atoms with Crippen LogP contribution in [0.2, 0.25) is 0 Å². The molecule has 0 saturated carbocycles. The number of nitrogens with zero attached hydrogens (tertiary/aromatic N) is 4. The maximum Gasteiger partial charge on any atom is 0.270 e. The third kappa shape index (κ3) is 2.34. The molecule has 0 spiro atoms. The van der Waals surface area contributed by atoms with Crippen molar-refractivity contribution in [1.82, 2.24) is 14.3 Å². The Morgan fingerprint density at radius 1 is 1.36 bits per heavy atom. The van der Waals surface area contributed by atoms with E-state index in [9.17, 15) is 9.59 Å². The lowest BCUT2D eigenvalue weighted by molar-refractivity contribution is -0.132. The van der Waals surface area contributed by atoms with Gasteiger partial charge < -0.3 is 4.74 Å². The molecule has 0 unspecified atom stereocenters. The third-order valence-corrected chi connectivity index (χ3v) is 6.32. The highest BCUT2D eigenvalue weighted by Crippen LogP contribution is 2.47. The summed E-state index contributed by atoms with van der Waals surface area (Å²) in [6, 6.07) is 7.12. The van der Waals surface area contributed by atoms with Gasteiger partial charge in [-0.2, -0.15) is 5.10 Å². The minimum Gasteiger partial charge on any atom is -0.465 e. The van der Waals surface area contributed by atoms with Gasteiger partial charge in [0.05, 0.1) is 16.8 Å². The molecule has 5 rings (SSSR count). The van der Waals surface area contributed by atoms with Gasteiger partial charge in [-0.15, -0.1) is 0 Å². The van der Waals surface area contributed by atoms with Crippen molar-refractivity contribution in [3.8, 4) is 5.75 Å². The summed E-state index contributed by atoms with van der Waals surface area (Å²) >= 11 is 1.31. The topological polar surface area (TPSA) is 78.5 Å². The lowest BCUT2D eigenvalue weighted by atomic mass is 9.79. The van der Waals surface area contributed by atoms with Crippen LogP contribution in [0.25, 0.3) is 6.08 Å². The average Bonchev–Trinajstić information content (AvgIpc) is 3.16. The summed E-state index contributed by atoms with van der Waals surface area (Å²) in [7, 11) is 1.83. The van der Waals surface area contributed by atoms with Crippen molar-refractivity contribution in [3.63, 3.8) is 0 Å². The fourth-order valence-corrected chi connectivity index (χ4v) is 5.32. The van der Waals surface area contributed by atoms with Gasteiger partial charge in [0.15, 0.2) is 4.80 Å². The van der Waals surface area contributed by atoms with Crippen LogP contribution in [-0.4, -0.2) is 25.9 Å². The molecule has 28 heavy (non-hydrogen) atoms. The van der Waals surface area contributed by atoms with E-state index in [2.05, 4.69) is 5.10 Å². The van der Waals surface area contributed by atoms with E-state index in [-0.39, 0.29) is 11.3 Å². The van der Waals surface area contributed by atoms with Crippen molar-refractivity contribution in [1.29, 1.82) is 0 Å². The molecule has 4 heterocycles. The second kappa shape index (κ2) is 5.75. The number of fused-ring (bicyclic) bond motifs is 6. The maximum atomic E-state index is 13.3. The van der Waals surface area contributed by atoms with E-state index in [1.54, 1.807) is 15.4 Å². The van der Waals surface area contributed by atoms with Crippen LogP contribution in [0.3, 0.4) is 0 Å². The molecule has 0 radical (unpaired) electrons. The van der Waals surface area contributed by atoms with Gasteiger partial charge in [0, 0.05) is 24.4 Å². The number of carbonyl (C=O) groups excluding carboxylic acids is 1. The monoisotopic (exact) mass is 394 g/mol. The lowest BCUT2D eigenvalue weighted by Gasteiger charge is -2.45. The number of Topliss-reactive ketones (excluding diaryl/α,β-unsaturated/α-hetero) is 1. The van der Waals surface area contributed by atoms with Crippen molar-refractivity contribution in [2.24, 2.45) is 18.0 Å². The minimum absolute atomic E-state index is 0.0488. The van der Waals surface area contributed by atoms with Gasteiger partial charge in [0.25, 0.3) is 5.56 Å². The highest BCUT2D eigenvalue weighted by molar-refractivity contribution is 7.07. The van der Waals surface area contributed by atoms with Crippen molar-refractivity contribution < 1.29 is 9.53 Å². The summed E-state index contributed by atoms with van der Waals surface area (Å²) in [5.41, 5.74) is 0.493. The number of rotatable bonds is 2. The van der Waals surface area contributed by atoms with E-state index in [0.717, 1.165) is 11.1 Å². The zero-order valence-electron chi connectivity index (χ0n) is 15.6. The van der Waals surface area contributed by atoms with Crippen LogP contribution in [0.4, 0.5) is 0 Å². The number of carbonyl (C=O) groups is 1. The van der Waals surface area contributed by atoms with Gasteiger partial charge in [-0.25, -0.2) is 4.99 Å². The van der Waals surface area contributed by atoms with E-state index in [4.69, 9.17) is 9.73 Å². The second-order valence-electron chi connectivity index (χ2n) is 7.36. The van der Waals surface area contributed by atoms with E-state index in [1.165, 1.54) is 18.3 Å². The summed E-state index contributed by atoms with van der Waals surface area (Å²) in [5, 5.41) is 4.15. The summed E-state index contributed by atoms with van der Waals surface area (Å²) in [6.45, 7) is 3.36. The quantitative estimate of drug-likeness (QED) is 0.650. The molecule has 0 N–H and O–H groups in total. The van der Waals surface area contributed by atoms with Crippen molar-refractivity contribution in [3.05, 3.63) is 67.5 Å². The first-order valence-corrected chi connectivity index (χ1v) is 9.79. The van der Waals surface area contributed by atoms with Gasteiger partial charge in [-0.3, -0.25) is 18.8 Å². The fraction of sp³-hybridized carbons (Fsp3) is 0.300. The predicted molar refractivity (Wildman–Crippen MR) is 104 cm³/mol. The molecule has 2 bridgehead atoms. The minimum atomic E-state index is -1.03. The Kier molecular flexibility index (Phi) is 3.51. The van der Waals surface area contributed by atoms with Crippen molar-refractivity contribution in [2.75, 3.05) is 0 Å². The number of para-hydroxylation sites is 1. The van der Waals surface area contributed by atoms with Crippen LogP contribution in [0, 0.1) is 5.92 Å². The molecular weight excluding hydrogens is 376 g/mol. The molecule has 0 fully saturated rings. The Morgan fingerprint density at radius 2 is 2.14 bits per heavy atom. The standard InChI is InChI=1S/C20H18N4O3S/c1-11(25)16-17-13-6-4-5-7-14(13)27-20(16,2)22-19-24(17)18(26)15(28-19)8-12-9-21-23(3)10-12/h4-10,16-17H,1-3H3/b15-8+/t16-,17+,20+/m0/s1. The molecule has 0 saturated heterocycles. The number of aromatic nitrogens is 3. The largest absolute Gasteiger partial charge is 0.465 e. The molecule has 2 aromatic heterocycles. The fourth-order valence-electron chi connectivity index (χ4n) is 4.22. The number of benzene rings is 1. The summed E-state index contributed by atoms with van der Waals surface area (Å²) < 4.78 is 10.1. The van der Waals surface area contributed by atoms with Crippen molar-refractivity contribution >= 4 is 23.2 Å². The zero-order chi connectivity index (χ0) is 19.6. The van der Waals surface area contributed by atoms with Crippen molar-refractivity contribution in [2.45, 2.75) is 25.6 Å². The van der Waals surface area contributed by atoms with E-state index in [0.29, 0.717) is 15.1 Å². The van der Waals surface area contributed by atoms with Crippen LogP contribution in [-0.2, 0) is 11.8 Å². The second-order valence-corrected chi connectivity index (χ2v) is 8.36. The number of ether oxygens (including phenoxy) is 1. The molecule has 142 valence electrons. The van der Waals surface area contributed by atoms with Gasteiger partial charge in [0.1, 0.15) is 17.5 Å². The predicted octanol–water partition coefficient (Wildman–Crippen LogP) is 1.01. The number of ketones is 1. The molecular formula is C20H18N4O3S. The molecule has 7 nitrogen and oxygen atoms in total.